The lowest BCUT2D eigenvalue weighted by Gasteiger charge is -1.98. The Morgan fingerprint density at radius 3 is 2.88 bits per heavy atom. The monoisotopic (exact) mass is 247 g/mol. The van der Waals surface area contributed by atoms with Crippen molar-refractivity contribution in [1.29, 1.82) is 0 Å². The lowest BCUT2D eigenvalue weighted by Crippen LogP contribution is -1.93. The number of nitrogen functional groups attached to an aromatic ring is 1. The summed E-state index contributed by atoms with van der Waals surface area (Å²) in [6, 6.07) is 6.78. The summed E-state index contributed by atoms with van der Waals surface area (Å²) in [5, 5.41) is 5.12. The molecule has 3 nitrogen and oxygen atoms in total. The third-order valence-electron chi connectivity index (χ3n) is 2.68. The van der Waals surface area contributed by atoms with E-state index in [-0.39, 0.29) is 5.82 Å². The molecule has 0 aliphatic carbocycles. The molecule has 1 aromatic carbocycles. The largest absolute Gasteiger partial charge is 0.396 e. The lowest BCUT2D eigenvalue weighted by molar-refractivity contribution is 0.630. The Bertz CT molecular complexity index is 679. The number of hydrogen-bond donors (Lipinski definition) is 1. The number of nitrogens with zero attached hydrogens (tertiary/aromatic N) is 2. The third-order valence-corrected chi connectivity index (χ3v) is 3.79. The molecule has 3 aromatic rings. The first kappa shape index (κ1) is 10.3. The second-order valence-electron chi connectivity index (χ2n) is 3.86. The quantitative estimate of drug-likeness (QED) is 0.718. The van der Waals surface area contributed by atoms with Crippen LogP contribution in [0.3, 0.4) is 0 Å². The Hall–Kier alpha value is -1.88. The van der Waals surface area contributed by atoms with E-state index in [1.807, 2.05) is 13.1 Å². The maximum Gasteiger partial charge on any atom is 0.124 e. The van der Waals surface area contributed by atoms with Gasteiger partial charge >= 0.3 is 0 Å². The molecule has 5 heteroatoms. The van der Waals surface area contributed by atoms with Crippen LogP contribution >= 0.6 is 11.3 Å². The fourth-order valence-corrected chi connectivity index (χ4v) is 3.06. The van der Waals surface area contributed by atoms with Gasteiger partial charge in [0.15, 0.2) is 0 Å². The van der Waals surface area contributed by atoms with Gasteiger partial charge < -0.3 is 5.73 Å². The molecule has 2 aromatic heterocycles. The van der Waals surface area contributed by atoms with E-state index in [4.69, 9.17) is 5.73 Å². The zero-order valence-corrected chi connectivity index (χ0v) is 9.96. The number of anilines is 1. The van der Waals surface area contributed by atoms with E-state index in [0.29, 0.717) is 5.69 Å². The van der Waals surface area contributed by atoms with Gasteiger partial charge in [-0.1, -0.05) is 6.07 Å². The van der Waals surface area contributed by atoms with Crippen LogP contribution < -0.4 is 5.73 Å². The minimum Gasteiger partial charge on any atom is -0.396 e. The number of benzene rings is 1. The van der Waals surface area contributed by atoms with Gasteiger partial charge in [0.1, 0.15) is 11.5 Å². The van der Waals surface area contributed by atoms with Crippen molar-refractivity contribution in [1.82, 2.24) is 9.78 Å². The Morgan fingerprint density at radius 2 is 2.18 bits per heavy atom. The first-order valence-electron chi connectivity index (χ1n) is 5.12. The van der Waals surface area contributed by atoms with Gasteiger partial charge in [0.05, 0.1) is 16.8 Å². The highest BCUT2D eigenvalue weighted by Gasteiger charge is 2.11. The molecule has 2 N–H and O–H groups in total. The minimum atomic E-state index is -0.219. The molecule has 0 amide bonds. The van der Waals surface area contributed by atoms with Crippen LogP contribution in [0.4, 0.5) is 10.1 Å². The van der Waals surface area contributed by atoms with Crippen molar-refractivity contribution in [2.45, 2.75) is 0 Å². The Morgan fingerprint density at radius 1 is 1.35 bits per heavy atom. The summed E-state index contributed by atoms with van der Waals surface area (Å²) in [6.07, 6.45) is 1.63. The second kappa shape index (κ2) is 3.56. The van der Waals surface area contributed by atoms with E-state index >= 15 is 0 Å². The number of hydrogen-bond acceptors (Lipinski definition) is 3. The van der Waals surface area contributed by atoms with Gasteiger partial charge in [-0.3, -0.25) is 4.68 Å². The fraction of sp³-hybridized carbons (Fsp3) is 0.0833. The van der Waals surface area contributed by atoms with Crippen LogP contribution in [-0.4, -0.2) is 9.78 Å². The Labute approximate surface area is 101 Å². The topological polar surface area (TPSA) is 43.8 Å². The third kappa shape index (κ3) is 1.59. The average Bonchev–Trinajstić information content (AvgIpc) is 2.81. The van der Waals surface area contributed by atoms with Crippen LogP contribution in [0.2, 0.25) is 0 Å². The summed E-state index contributed by atoms with van der Waals surface area (Å²) in [5.41, 5.74) is 7.39. The maximum absolute atomic E-state index is 13.1. The number of rotatable bonds is 1. The van der Waals surface area contributed by atoms with Crippen molar-refractivity contribution in [2.24, 2.45) is 7.05 Å². The summed E-state index contributed by atoms with van der Waals surface area (Å²) in [4.78, 5) is 1.00. The van der Waals surface area contributed by atoms with E-state index in [0.717, 1.165) is 20.7 Å². The van der Waals surface area contributed by atoms with Crippen molar-refractivity contribution in [3.63, 3.8) is 0 Å². The molecule has 0 aliphatic rings. The molecule has 0 aliphatic heterocycles. The molecule has 0 unspecified atom stereocenters. The zero-order chi connectivity index (χ0) is 12.0. The van der Waals surface area contributed by atoms with Crippen molar-refractivity contribution >= 4 is 27.1 Å². The number of aromatic nitrogens is 2. The molecule has 0 bridgehead atoms. The highest BCUT2D eigenvalue weighted by Crippen LogP contribution is 2.36. The molecule has 0 fully saturated rings. The summed E-state index contributed by atoms with van der Waals surface area (Å²) in [6.45, 7) is 0. The Kier molecular flexibility index (Phi) is 2.16. The number of nitrogens with two attached hydrogens (primary N) is 1. The predicted molar refractivity (Wildman–Crippen MR) is 68.4 cm³/mol. The predicted octanol–water partition coefficient (Wildman–Crippen LogP) is 3.02. The normalized spacial score (nSPS) is 11.2. The SMILES string of the molecule is Cn1ncc(N)c1-c1cc2ccc(F)cc2s1. The van der Waals surface area contributed by atoms with Gasteiger partial charge in [-0.15, -0.1) is 11.3 Å². The average molecular weight is 247 g/mol. The van der Waals surface area contributed by atoms with Crippen LogP contribution in [0.15, 0.2) is 30.5 Å². The molecule has 0 saturated carbocycles. The van der Waals surface area contributed by atoms with Crippen LogP contribution in [0, 0.1) is 5.82 Å². The van der Waals surface area contributed by atoms with E-state index < -0.39 is 0 Å². The molecule has 0 radical (unpaired) electrons. The number of halogens is 1. The van der Waals surface area contributed by atoms with Crippen LogP contribution in [0.5, 0.6) is 0 Å². The van der Waals surface area contributed by atoms with Gasteiger partial charge in [0.2, 0.25) is 0 Å². The fourth-order valence-electron chi connectivity index (χ4n) is 1.88. The van der Waals surface area contributed by atoms with E-state index in [2.05, 4.69) is 5.10 Å². The maximum atomic E-state index is 13.1. The molecule has 0 atom stereocenters. The van der Waals surface area contributed by atoms with E-state index in [1.165, 1.54) is 23.5 Å². The highest BCUT2D eigenvalue weighted by molar-refractivity contribution is 7.22. The van der Waals surface area contributed by atoms with Crippen molar-refractivity contribution in [2.75, 3.05) is 5.73 Å². The minimum absolute atomic E-state index is 0.219. The molecule has 3 rings (SSSR count). The summed E-state index contributed by atoms with van der Waals surface area (Å²) in [7, 11) is 1.84. The van der Waals surface area contributed by atoms with E-state index in [9.17, 15) is 4.39 Å². The van der Waals surface area contributed by atoms with Crippen molar-refractivity contribution < 1.29 is 4.39 Å². The number of fused-ring (bicyclic) bond motifs is 1. The van der Waals surface area contributed by atoms with Gasteiger partial charge in [-0.25, -0.2) is 4.39 Å². The van der Waals surface area contributed by atoms with Gasteiger partial charge in [-0.05, 0) is 23.6 Å². The second-order valence-corrected chi connectivity index (χ2v) is 4.95. The molecule has 2 heterocycles. The number of thiophene rings is 1. The van der Waals surface area contributed by atoms with Crippen LogP contribution in [0.1, 0.15) is 0 Å². The first-order valence-corrected chi connectivity index (χ1v) is 5.94. The summed E-state index contributed by atoms with van der Waals surface area (Å²) < 4.78 is 15.8. The smallest absolute Gasteiger partial charge is 0.124 e. The first-order chi connectivity index (χ1) is 8.15. The zero-order valence-electron chi connectivity index (χ0n) is 9.14. The summed E-state index contributed by atoms with van der Waals surface area (Å²) >= 11 is 1.52. The van der Waals surface area contributed by atoms with Gasteiger partial charge in [0, 0.05) is 11.7 Å². The van der Waals surface area contributed by atoms with E-state index in [1.54, 1.807) is 16.9 Å². The lowest BCUT2D eigenvalue weighted by atomic mass is 10.2. The van der Waals surface area contributed by atoms with Crippen molar-refractivity contribution in [3.05, 3.63) is 36.3 Å². The van der Waals surface area contributed by atoms with Crippen molar-refractivity contribution in [3.8, 4) is 10.6 Å². The standard InChI is InChI=1S/C12H10FN3S/c1-16-12(9(14)6-15-16)11-4-7-2-3-8(13)5-10(7)17-11/h2-6H,14H2,1H3. The van der Waals surface area contributed by atoms with Crippen LogP contribution in [-0.2, 0) is 7.05 Å². The molecule has 86 valence electrons. The summed E-state index contributed by atoms with van der Waals surface area (Å²) in [5.74, 6) is -0.219. The highest BCUT2D eigenvalue weighted by atomic mass is 32.1. The molecule has 0 saturated heterocycles. The molecule has 0 spiro atoms. The molecule has 17 heavy (non-hydrogen) atoms. The number of aryl methyl sites for hydroxylation is 1. The van der Waals surface area contributed by atoms with Gasteiger partial charge in [-0.2, -0.15) is 5.10 Å². The van der Waals surface area contributed by atoms with Crippen LogP contribution in [0.25, 0.3) is 20.7 Å². The van der Waals surface area contributed by atoms with Gasteiger partial charge in [0.25, 0.3) is 0 Å². The Balaban J connectivity index is 2.25. The molecular formula is C12H10FN3S. The molecular weight excluding hydrogens is 237 g/mol.